The van der Waals surface area contributed by atoms with Crippen LogP contribution < -0.4 is 9.47 Å². The number of rotatable bonds is 20. The first-order valence-corrected chi connectivity index (χ1v) is 30.4. The van der Waals surface area contributed by atoms with Crippen LogP contribution in [-0.4, -0.2) is 32.7 Å². The lowest BCUT2D eigenvalue weighted by molar-refractivity contribution is 0.301. The Morgan fingerprint density at radius 3 is 1.11 bits per heavy atom. The molecule has 0 atom stereocenters. The molecule has 0 aliphatic carbocycles. The molecule has 0 fully saturated rings. The fraction of sp³-hybridized carbons (Fsp3) is 0.269. The fourth-order valence-corrected chi connectivity index (χ4v) is 11.6. The number of aryl methyl sites for hydroxylation is 3. The van der Waals surface area contributed by atoms with Crippen molar-refractivity contribution in [1.29, 1.82) is 0 Å². The van der Waals surface area contributed by atoms with Crippen LogP contribution in [0.3, 0.4) is 0 Å². The van der Waals surface area contributed by atoms with Crippen LogP contribution in [0.15, 0.2) is 200 Å². The quantitative estimate of drug-likeness (QED) is 0.0712. The Morgan fingerprint density at radius 1 is 0.333 bits per heavy atom. The zero-order valence-corrected chi connectivity index (χ0v) is 50.7. The fourth-order valence-electron chi connectivity index (χ4n) is 11.6. The third kappa shape index (κ3) is 13.1. The zero-order chi connectivity index (χ0) is 58.4. The molecule has 0 spiro atoms. The molecule has 0 saturated carbocycles. The Morgan fingerprint density at radius 2 is 0.690 bits per heavy atom. The Balaban J connectivity index is 0.764. The highest BCUT2D eigenvalue weighted by Gasteiger charge is 2.23. The van der Waals surface area contributed by atoms with Gasteiger partial charge in [-0.15, -0.1) is 0 Å². The number of ether oxygens (including phenoxy) is 2. The summed E-state index contributed by atoms with van der Waals surface area (Å²) in [5.74, 6) is 3.76. The normalized spacial score (nSPS) is 11.9. The van der Waals surface area contributed by atoms with Crippen molar-refractivity contribution in [1.82, 2.24) is 19.5 Å². The van der Waals surface area contributed by atoms with Gasteiger partial charge < -0.3 is 14.0 Å². The van der Waals surface area contributed by atoms with Crippen molar-refractivity contribution in [3.05, 3.63) is 228 Å². The van der Waals surface area contributed by atoms with E-state index in [-0.39, 0.29) is 10.8 Å². The smallest absolute Gasteiger partial charge is 0.164 e. The van der Waals surface area contributed by atoms with Gasteiger partial charge in [0, 0.05) is 33.2 Å². The van der Waals surface area contributed by atoms with E-state index in [9.17, 15) is 0 Å². The summed E-state index contributed by atoms with van der Waals surface area (Å²) in [6.07, 6.45) is 9.57. The summed E-state index contributed by atoms with van der Waals surface area (Å²) in [4.78, 5) is 15.8. The highest BCUT2D eigenvalue weighted by Crippen LogP contribution is 2.40. The molecule has 0 saturated heterocycles. The van der Waals surface area contributed by atoms with E-state index in [4.69, 9.17) is 24.4 Å². The van der Waals surface area contributed by atoms with Crippen LogP contribution in [0.2, 0.25) is 0 Å². The predicted molar refractivity (Wildman–Crippen MR) is 353 cm³/mol. The molecular formula is C78H80N4O2. The standard InChI is InChI=1S/C78H80N4O2/c1-53-48-60(32-41-67(53)58-26-20-17-21-27-58)74-79-75(81-76(80-74)62-34-43-71(55(3)50-62)82-72-44-35-63(77(4,5)6)51-69(72)70-52-64(78(7,8)9)36-45-73(70)82)61-33-42-68(54(2)49-61)59-30-39-66(40-31-59)84-47-23-15-13-11-10-12-14-22-46-83-65-37-28-57(29-38-65)56-24-18-16-19-25-56/h16-21,24-45,48-52H,10-15,22-23,46-47H2,1-9H3. The van der Waals surface area contributed by atoms with Crippen LogP contribution in [0.5, 0.6) is 11.5 Å². The third-order valence-corrected chi connectivity index (χ3v) is 16.6. The second-order valence-corrected chi connectivity index (χ2v) is 25.0. The van der Waals surface area contributed by atoms with E-state index in [1.165, 1.54) is 93.7 Å². The van der Waals surface area contributed by atoms with Gasteiger partial charge in [0.25, 0.3) is 0 Å². The molecule has 0 bridgehead atoms. The lowest BCUT2D eigenvalue weighted by Crippen LogP contribution is -2.10. The van der Waals surface area contributed by atoms with Crippen molar-refractivity contribution in [3.63, 3.8) is 0 Å². The van der Waals surface area contributed by atoms with Gasteiger partial charge in [0.2, 0.25) is 0 Å². The van der Waals surface area contributed by atoms with E-state index in [0.717, 1.165) is 87.7 Å². The Bertz CT molecular complexity index is 3980. The van der Waals surface area contributed by atoms with Crippen molar-refractivity contribution in [2.75, 3.05) is 13.2 Å². The molecule has 11 aromatic rings. The molecule has 0 N–H and O–H groups in total. The average Bonchev–Trinajstić information content (AvgIpc) is 1.81. The largest absolute Gasteiger partial charge is 0.494 e. The van der Waals surface area contributed by atoms with Crippen LogP contribution >= 0.6 is 0 Å². The molecule has 6 heteroatoms. The number of benzene rings is 9. The van der Waals surface area contributed by atoms with Crippen LogP contribution in [-0.2, 0) is 10.8 Å². The van der Waals surface area contributed by atoms with Gasteiger partial charge in [0.1, 0.15) is 11.5 Å². The van der Waals surface area contributed by atoms with Crippen molar-refractivity contribution in [2.24, 2.45) is 0 Å². The summed E-state index contributed by atoms with van der Waals surface area (Å²) in [6, 6.07) is 71.8. The van der Waals surface area contributed by atoms with Gasteiger partial charge in [-0.25, -0.2) is 15.0 Å². The number of hydrogen-bond acceptors (Lipinski definition) is 5. The Hall–Kier alpha value is -8.61. The molecular weight excluding hydrogens is 1020 g/mol. The van der Waals surface area contributed by atoms with Crippen LogP contribution in [0, 0.1) is 20.8 Å². The molecule has 2 heterocycles. The molecule has 6 nitrogen and oxygen atoms in total. The molecule has 84 heavy (non-hydrogen) atoms. The number of aromatic nitrogens is 4. The molecule has 2 aromatic heterocycles. The molecule has 0 radical (unpaired) electrons. The maximum Gasteiger partial charge on any atom is 0.164 e. The zero-order valence-electron chi connectivity index (χ0n) is 50.7. The van der Waals surface area contributed by atoms with Gasteiger partial charge in [-0.1, -0.05) is 201 Å². The topological polar surface area (TPSA) is 62.1 Å². The predicted octanol–water partition coefficient (Wildman–Crippen LogP) is 21.1. The van der Waals surface area contributed by atoms with Crippen molar-refractivity contribution in [3.8, 4) is 84.7 Å². The van der Waals surface area contributed by atoms with E-state index < -0.39 is 0 Å². The summed E-state index contributed by atoms with van der Waals surface area (Å²) in [7, 11) is 0. The first-order valence-electron chi connectivity index (χ1n) is 30.4. The van der Waals surface area contributed by atoms with Crippen molar-refractivity contribution >= 4 is 21.8 Å². The summed E-state index contributed by atoms with van der Waals surface area (Å²) >= 11 is 0. The van der Waals surface area contributed by atoms with Crippen LogP contribution in [0.25, 0.3) is 95.0 Å². The molecule has 0 aliphatic rings. The van der Waals surface area contributed by atoms with Gasteiger partial charge in [-0.3, -0.25) is 0 Å². The van der Waals surface area contributed by atoms with Crippen molar-refractivity contribution in [2.45, 2.75) is 125 Å². The van der Waals surface area contributed by atoms with Gasteiger partial charge in [0.15, 0.2) is 17.5 Å². The van der Waals surface area contributed by atoms with Crippen molar-refractivity contribution < 1.29 is 9.47 Å². The Kier molecular flexibility index (Phi) is 17.1. The minimum absolute atomic E-state index is 0.0219. The van der Waals surface area contributed by atoms with Gasteiger partial charge in [-0.05, 0) is 185 Å². The minimum Gasteiger partial charge on any atom is -0.494 e. The Labute approximate surface area is 498 Å². The van der Waals surface area contributed by atoms with Crippen LogP contribution in [0.1, 0.15) is 121 Å². The summed E-state index contributed by atoms with van der Waals surface area (Å²) < 4.78 is 14.7. The first kappa shape index (κ1) is 57.2. The third-order valence-electron chi connectivity index (χ3n) is 16.6. The highest BCUT2D eigenvalue weighted by molar-refractivity contribution is 6.10. The summed E-state index contributed by atoms with van der Waals surface area (Å²) in [5.41, 5.74) is 19.6. The van der Waals surface area contributed by atoms with E-state index in [2.05, 4.69) is 261 Å². The maximum absolute atomic E-state index is 6.23. The second kappa shape index (κ2) is 25.1. The van der Waals surface area contributed by atoms with E-state index in [0.29, 0.717) is 17.5 Å². The minimum atomic E-state index is 0.0219. The number of unbranched alkanes of at least 4 members (excludes halogenated alkanes) is 7. The summed E-state index contributed by atoms with van der Waals surface area (Å²) in [5, 5.41) is 2.55. The molecule has 0 amide bonds. The molecule has 0 aliphatic heterocycles. The maximum atomic E-state index is 6.23. The SMILES string of the molecule is Cc1cc(-c2nc(-c3ccc(-c4ccc(OCCCCCCCCCCOc5ccc(-c6ccccc6)cc5)cc4)c(C)c3)nc(-c3ccc(-n4c5ccc(C(C)(C)C)cc5c5cc(C(C)(C)C)ccc54)c(C)c3)n2)ccc1-c1ccccc1. The average molecular weight is 1110 g/mol. The summed E-state index contributed by atoms with van der Waals surface area (Å²) in [6.45, 7) is 21.8. The molecule has 9 aromatic carbocycles. The monoisotopic (exact) mass is 1100 g/mol. The highest BCUT2D eigenvalue weighted by atomic mass is 16.5. The number of hydrogen-bond donors (Lipinski definition) is 0. The lowest BCUT2D eigenvalue weighted by Gasteiger charge is -2.19. The first-order chi connectivity index (χ1) is 40.6. The van der Waals surface area contributed by atoms with Gasteiger partial charge >= 0.3 is 0 Å². The lowest BCUT2D eigenvalue weighted by atomic mass is 9.85. The second-order valence-electron chi connectivity index (χ2n) is 25.0. The van der Waals surface area contributed by atoms with Gasteiger partial charge in [-0.2, -0.15) is 0 Å². The van der Waals surface area contributed by atoms with Crippen LogP contribution in [0.4, 0.5) is 0 Å². The van der Waals surface area contributed by atoms with E-state index >= 15 is 0 Å². The molecule has 11 rings (SSSR count). The van der Waals surface area contributed by atoms with E-state index in [1.807, 2.05) is 6.07 Å². The van der Waals surface area contributed by atoms with Gasteiger partial charge in [0.05, 0.1) is 24.2 Å². The number of nitrogens with zero attached hydrogens (tertiary/aromatic N) is 4. The molecule has 424 valence electrons. The number of fused-ring (bicyclic) bond motifs is 3. The van der Waals surface area contributed by atoms with E-state index in [1.54, 1.807) is 0 Å². The molecule has 0 unspecified atom stereocenters.